The van der Waals surface area contributed by atoms with Crippen molar-refractivity contribution >= 4 is 0 Å². The molecule has 2 rings (SSSR count). The Balaban J connectivity index is 1.65. The molecule has 0 amide bonds. The maximum Gasteiger partial charge on any atom is 0.0312 e. The van der Waals surface area contributed by atoms with Crippen molar-refractivity contribution in [2.45, 2.75) is 45.2 Å². The van der Waals surface area contributed by atoms with Crippen molar-refractivity contribution in [2.24, 2.45) is 5.92 Å². The summed E-state index contributed by atoms with van der Waals surface area (Å²) in [6, 6.07) is 4.88. The Morgan fingerprint density at radius 3 is 2.95 bits per heavy atom. The third-order valence-electron chi connectivity index (χ3n) is 4.19. The quantitative estimate of drug-likeness (QED) is 0.853. The minimum Gasteiger partial charge on any atom is -0.312 e. The van der Waals surface area contributed by atoms with Gasteiger partial charge in [0.25, 0.3) is 0 Å². The summed E-state index contributed by atoms with van der Waals surface area (Å²) in [4.78, 5) is 6.52. The molecule has 3 nitrogen and oxygen atoms in total. The molecule has 2 atom stereocenters. The molecule has 1 aromatic heterocycles. The molecular formula is C16H27N3. The van der Waals surface area contributed by atoms with Crippen LogP contribution in [0.5, 0.6) is 0 Å². The van der Waals surface area contributed by atoms with Gasteiger partial charge in [-0.25, -0.2) is 0 Å². The number of nitrogens with zero attached hydrogens (tertiary/aromatic N) is 2. The van der Waals surface area contributed by atoms with Crippen molar-refractivity contribution in [2.75, 3.05) is 20.1 Å². The summed E-state index contributed by atoms with van der Waals surface area (Å²) in [5.74, 6) is 0.845. The second-order valence-electron chi connectivity index (χ2n) is 5.92. The molecule has 1 N–H and O–H groups in total. The van der Waals surface area contributed by atoms with E-state index in [0.29, 0.717) is 0 Å². The summed E-state index contributed by atoms with van der Waals surface area (Å²) in [7, 11) is 2.18. The predicted molar refractivity (Wildman–Crippen MR) is 80.0 cm³/mol. The normalized spacial score (nSPS) is 23.7. The third-order valence-corrected chi connectivity index (χ3v) is 4.19. The molecule has 0 spiro atoms. The van der Waals surface area contributed by atoms with Gasteiger partial charge in [0.1, 0.15) is 0 Å². The Bertz CT molecular complexity index is 352. The van der Waals surface area contributed by atoms with E-state index < -0.39 is 0 Å². The van der Waals surface area contributed by atoms with E-state index >= 15 is 0 Å². The highest BCUT2D eigenvalue weighted by Crippen LogP contribution is 2.23. The second-order valence-corrected chi connectivity index (χ2v) is 5.92. The van der Waals surface area contributed by atoms with E-state index in [4.69, 9.17) is 0 Å². The number of likely N-dealkylation sites (N-methyl/N-ethyl adjacent to an activating group) is 1. The molecule has 1 fully saturated rings. The van der Waals surface area contributed by atoms with E-state index in [0.717, 1.165) is 31.6 Å². The smallest absolute Gasteiger partial charge is 0.0312 e. The van der Waals surface area contributed by atoms with Crippen molar-refractivity contribution in [3.8, 4) is 0 Å². The fraction of sp³-hybridized carbons (Fsp3) is 0.688. The number of aromatic nitrogens is 1. The van der Waals surface area contributed by atoms with E-state index in [1.807, 2.05) is 18.5 Å². The number of nitrogens with one attached hydrogen (secondary N) is 1. The van der Waals surface area contributed by atoms with Crippen LogP contribution in [0.1, 0.15) is 38.2 Å². The highest BCUT2D eigenvalue weighted by atomic mass is 15.1. The van der Waals surface area contributed by atoms with Gasteiger partial charge in [-0.1, -0.05) is 25.8 Å². The van der Waals surface area contributed by atoms with Crippen molar-refractivity contribution in [3.05, 3.63) is 30.1 Å². The summed E-state index contributed by atoms with van der Waals surface area (Å²) < 4.78 is 0. The fourth-order valence-corrected chi connectivity index (χ4v) is 2.94. The molecule has 0 radical (unpaired) electrons. The summed E-state index contributed by atoms with van der Waals surface area (Å²) >= 11 is 0. The molecule has 19 heavy (non-hydrogen) atoms. The molecular weight excluding hydrogens is 234 g/mol. The van der Waals surface area contributed by atoms with Gasteiger partial charge in [0, 0.05) is 38.1 Å². The number of rotatable bonds is 6. The van der Waals surface area contributed by atoms with Crippen molar-refractivity contribution in [1.82, 2.24) is 15.2 Å². The van der Waals surface area contributed by atoms with Gasteiger partial charge in [-0.2, -0.15) is 0 Å². The second kappa shape index (κ2) is 7.61. The highest BCUT2D eigenvalue weighted by molar-refractivity contribution is 5.07. The molecule has 1 aromatic rings. The van der Waals surface area contributed by atoms with Crippen LogP contribution < -0.4 is 5.32 Å². The minimum absolute atomic E-state index is 0.737. The van der Waals surface area contributed by atoms with Crippen LogP contribution >= 0.6 is 0 Å². The van der Waals surface area contributed by atoms with Gasteiger partial charge < -0.3 is 10.2 Å². The highest BCUT2D eigenvalue weighted by Gasteiger charge is 2.20. The van der Waals surface area contributed by atoms with Gasteiger partial charge in [-0.3, -0.25) is 4.98 Å². The van der Waals surface area contributed by atoms with Crippen molar-refractivity contribution in [3.63, 3.8) is 0 Å². The number of pyridine rings is 1. The van der Waals surface area contributed by atoms with E-state index in [9.17, 15) is 0 Å². The van der Waals surface area contributed by atoms with Crippen LogP contribution in [0.3, 0.4) is 0 Å². The van der Waals surface area contributed by atoms with Crippen LogP contribution in [0, 0.1) is 5.92 Å². The van der Waals surface area contributed by atoms with Gasteiger partial charge in [-0.05, 0) is 37.4 Å². The lowest BCUT2D eigenvalue weighted by Gasteiger charge is -2.30. The first-order valence-electron chi connectivity index (χ1n) is 7.56. The first-order valence-corrected chi connectivity index (χ1v) is 7.56. The standard InChI is InChI=1S/C16H27N3/c1-14-6-3-4-8-16(14)18-10-11-19(2)13-15-7-5-9-17-12-15/h5,7,9,12,14,16,18H,3-4,6,8,10-11,13H2,1-2H3. The Morgan fingerprint density at radius 1 is 1.37 bits per heavy atom. The lowest BCUT2D eigenvalue weighted by Crippen LogP contribution is -2.40. The lowest BCUT2D eigenvalue weighted by atomic mass is 9.86. The lowest BCUT2D eigenvalue weighted by molar-refractivity contribution is 0.258. The van der Waals surface area contributed by atoms with Crippen LogP contribution in [0.15, 0.2) is 24.5 Å². The Labute approximate surface area is 117 Å². The average molecular weight is 261 g/mol. The zero-order valence-corrected chi connectivity index (χ0v) is 12.3. The van der Waals surface area contributed by atoms with E-state index in [-0.39, 0.29) is 0 Å². The summed E-state index contributed by atoms with van der Waals surface area (Å²) in [6.45, 7) is 5.55. The molecule has 106 valence electrons. The van der Waals surface area contributed by atoms with Crippen LogP contribution in [0.2, 0.25) is 0 Å². The first-order chi connectivity index (χ1) is 9.25. The zero-order valence-electron chi connectivity index (χ0n) is 12.3. The Morgan fingerprint density at radius 2 is 2.21 bits per heavy atom. The van der Waals surface area contributed by atoms with Crippen LogP contribution in [-0.4, -0.2) is 36.1 Å². The molecule has 1 saturated carbocycles. The Hall–Kier alpha value is -0.930. The van der Waals surface area contributed by atoms with Crippen LogP contribution in [-0.2, 0) is 6.54 Å². The number of hydrogen-bond acceptors (Lipinski definition) is 3. The van der Waals surface area contributed by atoms with E-state index in [1.54, 1.807) is 0 Å². The van der Waals surface area contributed by atoms with Crippen LogP contribution in [0.4, 0.5) is 0 Å². The molecule has 1 heterocycles. The number of hydrogen-bond donors (Lipinski definition) is 1. The topological polar surface area (TPSA) is 28.2 Å². The average Bonchev–Trinajstić information content (AvgIpc) is 2.42. The predicted octanol–water partition coefficient (Wildman–Crippen LogP) is 2.68. The summed E-state index contributed by atoms with van der Waals surface area (Å²) in [5, 5.41) is 3.73. The van der Waals surface area contributed by atoms with Crippen molar-refractivity contribution < 1.29 is 0 Å². The molecule has 0 bridgehead atoms. The summed E-state index contributed by atoms with van der Waals surface area (Å²) in [5.41, 5.74) is 1.29. The van der Waals surface area contributed by atoms with E-state index in [2.05, 4.69) is 35.2 Å². The van der Waals surface area contributed by atoms with Gasteiger partial charge in [-0.15, -0.1) is 0 Å². The maximum absolute atomic E-state index is 4.16. The molecule has 1 aliphatic rings. The molecule has 3 heteroatoms. The third kappa shape index (κ3) is 4.92. The Kier molecular flexibility index (Phi) is 5.80. The van der Waals surface area contributed by atoms with Gasteiger partial charge in [0.05, 0.1) is 0 Å². The minimum atomic E-state index is 0.737. The van der Waals surface area contributed by atoms with Gasteiger partial charge in [0.15, 0.2) is 0 Å². The largest absolute Gasteiger partial charge is 0.312 e. The summed E-state index contributed by atoms with van der Waals surface area (Å²) in [6.07, 6.45) is 9.34. The molecule has 1 aliphatic carbocycles. The van der Waals surface area contributed by atoms with Crippen LogP contribution in [0.25, 0.3) is 0 Å². The molecule has 0 saturated heterocycles. The fourth-order valence-electron chi connectivity index (χ4n) is 2.94. The first kappa shape index (κ1) is 14.5. The van der Waals surface area contributed by atoms with E-state index in [1.165, 1.54) is 31.2 Å². The monoisotopic (exact) mass is 261 g/mol. The molecule has 0 aromatic carbocycles. The van der Waals surface area contributed by atoms with Gasteiger partial charge >= 0.3 is 0 Å². The maximum atomic E-state index is 4.16. The van der Waals surface area contributed by atoms with Crippen molar-refractivity contribution in [1.29, 1.82) is 0 Å². The van der Waals surface area contributed by atoms with Gasteiger partial charge in [0.2, 0.25) is 0 Å². The zero-order chi connectivity index (χ0) is 13.5. The molecule has 0 aliphatic heterocycles. The molecule has 2 unspecified atom stereocenters. The SMILES string of the molecule is CC1CCCCC1NCCN(C)Cc1cccnc1.